The number of thiazole rings is 1. The highest BCUT2D eigenvalue weighted by molar-refractivity contribution is 7.27. The van der Waals surface area contributed by atoms with Gasteiger partial charge in [0, 0.05) is 57.3 Å². The van der Waals surface area contributed by atoms with Gasteiger partial charge in [0.15, 0.2) is 0 Å². The average Bonchev–Trinajstić information content (AvgIpc) is 3.86. The molecule has 0 spiro atoms. The van der Waals surface area contributed by atoms with Crippen molar-refractivity contribution in [2.45, 2.75) is 0 Å². The number of para-hydroxylation sites is 1. The molecule has 0 aliphatic rings. The first-order valence-corrected chi connectivity index (χ1v) is 18.4. The van der Waals surface area contributed by atoms with Crippen molar-refractivity contribution in [3.8, 4) is 21.7 Å². The van der Waals surface area contributed by atoms with E-state index in [2.05, 4.69) is 163 Å². The highest BCUT2D eigenvalue weighted by Crippen LogP contribution is 2.46. The molecule has 10 rings (SSSR count). The molecule has 0 saturated heterocycles. The van der Waals surface area contributed by atoms with Gasteiger partial charge in [-0.1, -0.05) is 91.0 Å². The van der Waals surface area contributed by atoms with Crippen LogP contribution < -0.4 is 4.90 Å². The van der Waals surface area contributed by atoms with Crippen molar-refractivity contribution in [2.24, 2.45) is 0 Å². The van der Waals surface area contributed by atoms with Crippen molar-refractivity contribution < 1.29 is 0 Å². The Bertz CT molecular complexity index is 2770. The molecule has 5 heteroatoms. The van der Waals surface area contributed by atoms with Crippen LogP contribution in [0.25, 0.3) is 72.3 Å². The minimum Gasteiger partial charge on any atom is -0.310 e. The molecule has 226 valence electrons. The van der Waals surface area contributed by atoms with Gasteiger partial charge in [-0.3, -0.25) is 0 Å². The van der Waals surface area contributed by atoms with Crippen LogP contribution in [0, 0.1) is 0 Å². The van der Waals surface area contributed by atoms with Crippen molar-refractivity contribution in [1.82, 2.24) is 4.98 Å². The molecule has 0 bridgehead atoms. The van der Waals surface area contributed by atoms with E-state index in [4.69, 9.17) is 4.98 Å². The summed E-state index contributed by atoms with van der Waals surface area (Å²) < 4.78 is 6.41. The molecular weight excluding hydrogens is 641 g/mol. The van der Waals surface area contributed by atoms with Crippen LogP contribution in [-0.2, 0) is 0 Å². The number of thiophene rings is 2. The van der Waals surface area contributed by atoms with Crippen LogP contribution in [0.3, 0.4) is 0 Å². The largest absolute Gasteiger partial charge is 0.310 e. The Labute approximate surface area is 289 Å². The Hall–Kier alpha value is -5.33. The van der Waals surface area contributed by atoms with E-state index in [1.807, 2.05) is 22.7 Å². The number of rotatable bonds is 5. The molecule has 0 N–H and O–H groups in total. The Kier molecular flexibility index (Phi) is 6.44. The quantitative estimate of drug-likeness (QED) is 0.182. The maximum atomic E-state index is 5.18. The van der Waals surface area contributed by atoms with Crippen LogP contribution in [0.4, 0.5) is 17.1 Å². The predicted octanol–water partition coefficient (Wildman–Crippen LogP) is 13.8. The molecule has 0 atom stereocenters. The average molecular weight is 667 g/mol. The summed E-state index contributed by atoms with van der Waals surface area (Å²) in [6.45, 7) is 0. The fourth-order valence-corrected chi connectivity index (χ4v) is 10.1. The summed E-state index contributed by atoms with van der Waals surface area (Å²) in [6, 6.07) is 57.0. The van der Waals surface area contributed by atoms with Crippen molar-refractivity contribution in [3.05, 3.63) is 158 Å². The Morgan fingerprint density at radius 2 is 1.02 bits per heavy atom. The van der Waals surface area contributed by atoms with Gasteiger partial charge in [-0.15, -0.1) is 34.0 Å². The van der Waals surface area contributed by atoms with Crippen molar-refractivity contribution in [1.29, 1.82) is 0 Å². The SMILES string of the molecule is c1ccc(-c2nc3c(ccc4sc5ccc(-c6ccc(N(c7ccccc7)c7cccc8sc9ccccc9c78)cc6)cc5c43)s2)cc1. The molecule has 0 unspecified atom stereocenters. The standard InChI is InChI=1S/C43H26N2S3/c1-3-10-28(11-4-1)43-44-42-39(48-43)25-24-38-41(42)33-26-29(20-23-36(33)47-38)27-18-21-31(22-19-27)45(30-12-5-2-6-13-30)34-15-9-17-37-40(34)32-14-7-8-16-35(32)46-37/h1-26H. The molecule has 0 saturated carbocycles. The molecule has 0 fully saturated rings. The lowest BCUT2D eigenvalue weighted by Gasteiger charge is -2.26. The molecule has 3 heterocycles. The number of nitrogens with zero attached hydrogens (tertiary/aromatic N) is 2. The van der Waals surface area contributed by atoms with Gasteiger partial charge in [-0.2, -0.15) is 0 Å². The third-order valence-corrected chi connectivity index (χ3v) is 12.4. The van der Waals surface area contributed by atoms with E-state index in [0.29, 0.717) is 0 Å². The van der Waals surface area contributed by atoms with Gasteiger partial charge < -0.3 is 4.90 Å². The summed E-state index contributed by atoms with van der Waals surface area (Å²) in [6.07, 6.45) is 0. The van der Waals surface area contributed by atoms with Gasteiger partial charge in [-0.25, -0.2) is 4.98 Å². The molecule has 0 amide bonds. The third-order valence-electron chi connectivity index (χ3n) is 9.11. The molecule has 2 nitrogen and oxygen atoms in total. The number of aromatic nitrogens is 1. The lowest BCUT2D eigenvalue weighted by atomic mass is 10.0. The lowest BCUT2D eigenvalue weighted by Crippen LogP contribution is -2.10. The summed E-state index contributed by atoms with van der Waals surface area (Å²) in [7, 11) is 0. The highest BCUT2D eigenvalue weighted by Gasteiger charge is 2.19. The number of fused-ring (bicyclic) bond motifs is 8. The maximum absolute atomic E-state index is 5.18. The zero-order valence-corrected chi connectivity index (χ0v) is 28.1. The third kappa shape index (κ3) is 4.47. The molecule has 0 aliphatic heterocycles. The van der Waals surface area contributed by atoms with E-state index in [1.54, 1.807) is 11.3 Å². The van der Waals surface area contributed by atoms with Crippen molar-refractivity contribution in [2.75, 3.05) is 4.90 Å². The van der Waals surface area contributed by atoms with Crippen LogP contribution in [-0.4, -0.2) is 4.98 Å². The number of hydrogen-bond acceptors (Lipinski definition) is 5. The Morgan fingerprint density at radius 3 is 1.85 bits per heavy atom. The van der Waals surface area contributed by atoms with Gasteiger partial charge in [0.05, 0.1) is 15.9 Å². The lowest BCUT2D eigenvalue weighted by molar-refractivity contribution is 1.30. The smallest absolute Gasteiger partial charge is 0.124 e. The number of hydrogen-bond donors (Lipinski definition) is 0. The summed E-state index contributed by atoms with van der Waals surface area (Å²) in [5.41, 5.74) is 8.14. The second-order valence-corrected chi connectivity index (χ2v) is 15.1. The van der Waals surface area contributed by atoms with Gasteiger partial charge in [0.25, 0.3) is 0 Å². The van der Waals surface area contributed by atoms with E-state index in [0.717, 1.165) is 21.9 Å². The number of anilines is 3. The van der Waals surface area contributed by atoms with Gasteiger partial charge >= 0.3 is 0 Å². The molecule has 48 heavy (non-hydrogen) atoms. The summed E-state index contributed by atoms with van der Waals surface area (Å²) in [5, 5.41) is 6.19. The molecule has 0 aliphatic carbocycles. The molecule has 10 aromatic rings. The van der Waals surface area contributed by atoms with Gasteiger partial charge in [0.2, 0.25) is 0 Å². The van der Waals surface area contributed by atoms with E-state index in [9.17, 15) is 0 Å². The summed E-state index contributed by atoms with van der Waals surface area (Å²) in [5.74, 6) is 0. The van der Waals surface area contributed by atoms with Crippen LogP contribution >= 0.6 is 34.0 Å². The Morgan fingerprint density at radius 1 is 0.396 bits per heavy atom. The first-order chi connectivity index (χ1) is 23.8. The fourth-order valence-electron chi connectivity index (χ4n) is 6.89. The second-order valence-electron chi connectivity index (χ2n) is 11.9. The fraction of sp³-hybridized carbons (Fsp3) is 0. The normalized spacial score (nSPS) is 11.8. The summed E-state index contributed by atoms with van der Waals surface area (Å²) >= 11 is 5.47. The van der Waals surface area contributed by atoms with E-state index >= 15 is 0 Å². The first-order valence-electron chi connectivity index (χ1n) is 16.0. The van der Waals surface area contributed by atoms with Crippen LogP contribution in [0.5, 0.6) is 0 Å². The molecule has 0 radical (unpaired) electrons. The zero-order valence-electron chi connectivity index (χ0n) is 25.6. The number of benzene rings is 7. The predicted molar refractivity (Wildman–Crippen MR) is 211 cm³/mol. The van der Waals surface area contributed by atoms with Gasteiger partial charge in [0.1, 0.15) is 5.01 Å². The summed E-state index contributed by atoms with van der Waals surface area (Å²) in [4.78, 5) is 7.57. The minimum atomic E-state index is 1.07. The van der Waals surface area contributed by atoms with Crippen LogP contribution in [0.15, 0.2) is 158 Å². The molecule has 7 aromatic carbocycles. The monoisotopic (exact) mass is 666 g/mol. The van der Waals surface area contributed by atoms with Gasteiger partial charge in [-0.05, 0) is 77.9 Å². The first kappa shape index (κ1) is 27.8. The second kappa shape index (κ2) is 11.1. The van der Waals surface area contributed by atoms with Crippen LogP contribution in [0.1, 0.15) is 0 Å². The molecule has 3 aromatic heterocycles. The minimum absolute atomic E-state index is 1.07. The van der Waals surface area contributed by atoms with Crippen LogP contribution in [0.2, 0.25) is 0 Å². The maximum Gasteiger partial charge on any atom is 0.124 e. The van der Waals surface area contributed by atoms with Crippen molar-refractivity contribution >= 4 is 102 Å². The van der Waals surface area contributed by atoms with E-state index in [-0.39, 0.29) is 0 Å². The highest BCUT2D eigenvalue weighted by atomic mass is 32.1. The van der Waals surface area contributed by atoms with E-state index < -0.39 is 0 Å². The zero-order chi connectivity index (χ0) is 31.6. The molecular formula is C43H26N2S3. The van der Waals surface area contributed by atoms with E-state index in [1.165, 1.54) is 67.4 Å². The topological polar surface area (TPSA) is 16.1 Å². The van der Waals surface area contributed by atoms with Crippen molar-refractivity contribution in [3.63, 3.8) is 0 Å². The Balaban J connectivity index is 1.09.